The predicted octanol–water partition coefficient (Wildman–Crippen LogP) is -1.62. The summed E-state index contributed by atoms with van der Waals surface area (Å²) in [6.07, 6.45) is 0. The third-order valence-corrected chi connectivity index (χ3v) is 7.50. The second-order valence-corrected chi connectivity index (χ2v) is 8.01. The summed E-state index contributed by atoms with van der Waals surface area (Å²) in [6, 6.07) is 0. The van der Waals surface area contributed by atoms with E-state index < -0.39 is 14.0 Å². The molecule has 0 saturated heterocycles. The number of rotatable bonds is 3. The summed E-state index contributed by atoms with van der Waals surface area (Å²) in [6.45, 7) is 3.60. The maximum absolute atomic E-state index is 9.09. The molecule has 1 atom stereocenters. The first-order chi connectivity index (χ1) is 4.04. The van der Waals surface area contributed by atoms with Crippen molar-refractivity contribution in [3.63, 3.8) is 0 Å². The molecule has 0 aromatic heterocycles. The van der Waals surface area contributed by atoms with Gasteiger partial charge in [0, 0.05) is 0 Å². The Balaban J connectivity index is 3.80. The number of aliphatic hydroxyl groups is 2. The van der Waals surface area contributed by atoms with Crippen molar-refractivity contribution in [3.05, 3.63) is 0 Å². The lowest BCUT2D eigenvalue weighted by molar-refractivity contribution is 0.136. The Labute approximate surface area is 59.3 Å². The molecule has 1 unspecified atom stereocenters. The van der Waals surface area contributed by atoms with Crippen LogP contribution in [0.15, 0.2) is 0 Å². The summed E-state index contributed by atoms with van der Waals surface area (Å²) in [7, 11) is -1.27. The van der Waals surface area contributed by atoms with E-state index in [-0.39, 0.29) is 6.61 Å². The number of aliphatic hydroxyl groups excluding tert-OH is 2. The molecule has 0 aliphatic heterocycles. The normalized spacial score (nSPS) is 16.0. The van der Waals surface area contributed by atoms with Crippen molar-refractivity contribution in [2.24, 2.45) is 0 Å². The van der Waals surface area contributed by atoms with Crippen molar-refractivity contribution in [1.29, 1.82) is 0 Å². The van der Waals surface area contributed by atoms with E-state index in [2.05, 4.69) is 0 Å². The van der Waals surface area contributed by atoms with Gasteiger partial charge in [0.25, 0.3) is 0 Å². The summed E-state index contributed by atoms with van der Waals surface area (Å²) in [4.78, 5) is 0. The standard InChI is InChI=1S/C4H14O3Si2/c1-9(2,7-8)4(6)3-5/h4-6H,3H2,1-2,8H3. The highest BCUT2D eigenvalue weighted by Crippen LogP contribution is 2.06. The summed E-state index contributed by atoms with van der Waals surface area (Å²) in [5.74, 6) is 0. The highest BCUT2D eigenvalue weighted by molar-refractivity contribution is 6.74. The Kier molecular flexibility index (Phi) is 3.60. The highest BCUT2D eigenvalue weighted by Gasteiger charge is 2.29. The second-order valence-electron chi connectivity index (χ2n) is 2.51. The fourth-order valence-corrected chi connectivity index (χ4v) is 1.88. The van der Waals surface area contributed by atoms with Crippen LogP contribution < -0.4 is 0 Å². The minimum atomic E-state index is -1.91. The fourth-order valence-electron chi connectivity index (χ4n) is 0.356. The van der Waals surface area contributed by atoms with E-state index in [1.807, 2.05) is 13.1 Å². The molecule has 0 amide bonds. The van der Waals surface area contributed by atoms with Gasteiger partial charge in [-0.1, -0.05) is 0 Å². The van der Waals surface area contributed by atoms with Crippen molar-refractivity contribution in [3.8, 4) is 0 Å². The molecule has 0 aromatic rings. The Bertz CT molecular complexity index is 85.9. The topological polar surface area (TPSA) is 49.7 Å². The third kappa shape index (κ3) is 2.59. The van der Waals surface area contributed by atoms with E-state index in [9.17, 15) is 0 Å². The van der Waals surface area contributed by atoms with Gasteiger partial charge in [-0.2, -0.15) is 0 Å². The third-order valence-electron chi connectivity index (χ3n) is 1.50. The molecule has 0 fully saturated rings. The number of hydrogen-bond acceptors (Lipinski definition) is 3. The monoisotopic (exact) mass is 166 g/mol. The quantitative estimate of drug-likeness (QED) is 0.496. The van der Waals surface area contributed by atoms with E-state index in [1.54, 1.807) is 0 Å². The van der Waals surface area contributed by atoms with Gasteiger partial charge >= 0.3 is 0 Å². The van der Waals surface area contributed by atoms with E-state index in [4.69, 9.17) is 14.3 Å². The predicted molar refractivity (Wildman–Crippen MR) is 41.6 cm³/mol. The van der Waals surface area contributed by atoms with E-state index in [0.717, 1.165) is 0 Å². The average molecular weight is 166 g/mol. The molecule has 3 nitrogen and oxygen atoms in total. The molecular weight excluding hydrogens is 152 g/mol. The Morgan fingerprint density at radius 2 is 2.11 bits per heavy atom. The van der Waals surface area contributed by atoms with Crippen LogP contribution in [0.1, 0.15) is 0 Å². The van der Waals surface area contributed by atoms with Crippen molar-refractivity contribution in [2.75, 3.05) is 6.61 Å². The first-order valence-electron chi connectivity index (χ1n) is 2.88. The molecule has 2 N–H and O–H groups in total. The lowest BCUT2D eigenvalue weighted by Crippen LogP contribution is -2.46. The Morgan fingerprint density at radius 3 is 2.22 bits per heavy atom. The molecule has 56 valence electrons. The molecule has 0 aliphatic rings. The van der Waals surface area contributed by atoms with Gasteiger partial charge in [-0.25, -0.2) is 0 Å². The van der Waals surface area contributed by atoms with Crippen LogP contribution in [0.5, 0.6) is 0 Å². The first kappa shape index (κ1) is 9.31. The van der Waals surface area contributed by atoms with Gasteiger partial charge < -0.3 is 14.3 Å². The van der Waals surface area contributed by atoms with Crippen molar-refractivity contribution in [2.45, 2.75) is 18.8 Å². The highest BCUT2D eigenvalue weighted by atomic mass is 28.4. The van der Waals surface area contributed by atoms with Crippen LogP contribution in [0.3, 0.4) is 0 Å². The van der Waals surface area contributed by atoms with Gasteiger partial charge in [-0.05, 0) is 13.1 Å². The molecule has 9 heavy (non-hydrogen) atoms. The lowest BCUT2D eigenvalue weighted by Gasteiger charge is -2.24. The molecular formula is C4H14O3Si2. The summed E-state index contributed by atoms with van der Waals surface area (Å²) in [5.41, 5.74) is -0.630. The van der Waals surface area contributed by atoms with Crippen molar-refractivity contribution < 1.29 is 14.3 Å². The minimum Gasteiger partial charge on any atom is -0.462 e. The fraction of sp³-hybridized carbons (Fsp3) is 1.00. The van der Waals surface area contributed by atoms with Gasteiger partial charge in [0.15, 0.2) is 0 Å². The SMILES string of the molecule is C[Si](C)(O[SiH3])C(O)CO. The van der Waals surface area contributed by atoms with Crippen molar-refractivity contribution >= 4 is 18.8 Å². The second kappa shape index (κ2) is 3.47. The van der Waals surface area contributed by atoms with Gasteiger partial charge in [0.05, 0.1) is 12.3 Å². The van der Waals surface area contributed by atoms with Crippen molar-refractivity contribution in [1.82, 2.24) is 0 Å². The molecule has 5 heteroatoms. The minimum absolute atomic E-state index is 0.179. The first-order valence-corrected chi connectivity index (χ1v) is 6.69. The van der Waals surface area contributed by atoms with Crippen LogP contribution >= 0.6 is 0 Å². The molecule has 0 spiro atoms. The maximum atomic E-state index is 9.09. The van der Waals surface area contributed by atoms with Crippen LogP contribution in [0.4, 0.5) is 0 Å². The van der Waals surface area contributed by atoms with Crippen LogP contribution in [0.25, 0.3) is 0 Å². The zero-order valence-corrected chi connectivity index (χ0v) is 9.09. The Morgan fingerprint density at radius 1 is 1.67 bits per heavy atom. The molecule has 0 radical (unpaired) electrons. The average Bonchev–Trinajstić information content (AvgIpc) is 1.86. The van der Waals surface area contributed by atoms with Gasteiger partial charge in [-0.3, -0.25) is 0 Å². The van der Waals surface area contributed by atoms with E-state index in [1.165, 1.54) is 0 Å². The molecule has 0 rings (SSSR count). The smallest absolute Gasteiger partial charge is 0.204 e. The largest absolute Gasteiger partial charge is 0.462 e. The zero-order valence-electron chi connectivity index (χ0n) is 6.09. The van der Waals surface area contributed by atoms with E-state index >= 15 is 0 Å². The van der Waals surface area contributed by atoms with Gasteiger partial charge in [0.1, 0.15) is 10.5 Å². The molecule has 0 aromatic carbocycles. The summed E-state index contributed by atoms with van der Waals surface area (Å²) >= 11 is 0. The van der Waals surface area contributed by atoms with Crippen LogP contribution in [0.2, 0.25) is 13.1 Å². The lowest BCUT2D eigenvalue weighted by atomic mass is 10.8. The number of hydrogen-bond donors (Lipinski definition) is 2. The summed E-state index contributed by atoms with van der Waals surface area (Å²) in [5, 5.41) is 17.6. The van der Waals surface area contributed by atoms with Crippen LogP contribution in [0, 0.1) is 0 Å². The van der Waals surface area contributed by atoms with E-state index in [0.29, 0.717) is 10.5 Å². The zero-order chi connectivity index (χ0) is 7.49. The van der Waals surface area contributed by atoms with Gasteiger partial charge in [0.2, 0.25) is 8.32 Å². The Hall–Kier alpha value is 0.314. The molecule has 0 aliphatic carbocycles. The molecule has 0 heterocycles. The van der Waals surface area contributed by atoms with Crippen LogP contribution in [-0.4, -0.2) is 41.4 Å². The maximum Gasteiger partial charge on any atom is 0.204 e. The molecule has 0 bridgehead atoms. The van der Waals surface area contributed by atoms with Gasteiger partial charge in [-0.15, -0.1) is 0 Å². The molecule has 0 saturated carbocycles. The summed E-state index contributed by atoms with van der Waals surface area (Å²) < 4.78 is 5.16. The van der Waals surface area contributed by atoms with Crippen LogP contribution in [-0.2, 0) is 4.12 Å².